The van der Waals surface area contributed by atoms with Gasteiger partial charge in [-0.3, -0.25) is 0 Å². The number of benzene rings is 1. The van der Waals surface area contributed by atoms with E-state index in [1.807, 2.05) is 19.1 Å². The topological polar surface area (TPSA) is 55.4 Å². The van der Waals surface area contributed by atoms with Crippen molar-refractivity contribution in [2.45, 2.75) is 32.1 Å². The summed E-state index contributed by atoms with van der Waals surface area (Å²) in [5.41, 5.74) is 0.881. The zero-order valence-corrected chi connectivity index (χ0v) is 13.3. The Hall–Kier alpha value is -0.590. The monoisotopic (exact) mass is 335 g/mol. The van der Waals surface area contributed by atoms with Crippen LogP contribution >= 0.6 is 15.9 Å². The summed E-state index contributed by atoms with van der Waals surface area (Å²) in [5, 5.41) is -0.443. The molecule has 0 spiro atoms. The molecule has 0 saturated carbocycles. The molecule has 1 unspecified atom stereocenters. The number of hydrogen-bond acceptors (Lipinski definition) is 3. The van der Waals surface area contributed by atoms with Crippen LogP contribution in [0, 0.1) is 0 Å². The Morgan fingerprint density at radius 2 is 1.89 bits per heavy atom. The molecular weight excluding hydrogens is 318 g/mol. The summed E-state index contributed by atoms with van der Waals surface area (Å²) in [6.45, 7) is 5.12. The second-order valence-electron chi connectivity index (χ2n) is 4.33. The Morgan fingerprint density at radius 1 is 1.28 bits per heavy atom. The van der Waals surface area contributed by atoms with Gasteiger partial charge in [0, 0.05) is 6.04 Å². The second kappa shape index (κ2) is 6.04. The maximum Gasteiger partial charge on any atom is 0.214 e. The van der Waals surface area contributed by atoms with Gasteiger partial charge < -0.3 is 4.74 Å². The van der Waals surface area contributed by atoms with E-state index in [9.17, 15) is 8.42 Å². The lowest BCUT2D eigenvalue weighted by Gasteiger charge is -2.17. The summed E-state index contributed by atoms with van der Waals surface area (Å²) in [4.78, 5) is 0. The minimum Gasteiger partial charge on any atom is -0.496 e. The fourth-order valence-electron chi connectivity index (χ4n) is 1.40. The molecule has 1 N–H and O–H groups in total. The third-order valence-corrected chi connectivity index (χ3v) is 5.18. The number of hydrogen-bond donors (Lipinski definition) is 1. The molecule has 0 aromatic heterocycles. The Bertz CT molecular complexity index is 514. The van der Waals surface area contributed by atoms with E-state index in [1.165, 1.54) is 0 Å². The van der Waals surface area contributed by atoms with Gasteiger partial charge in [-0.25, -0.2) is 13.1 Å². The molecule has 0 aliphatic rings. The van der Waals surface area contributed by atoms with Crippen molar-refractivity contribution in [3.05, 3.63) is 28.2 Å². The average Bonchev–Trinajstić information content (AvgIpc) is 2.28. The standard InChI is InChI=1S/C12H18BrNO3S/c1-8(2)18(15,16)14-9(3)10-5-6-12(17-4)11(13)7-10/h5-9,14H,1-4H3. The van der Waals surface area contributed by atoms with Gasteiger partial charge in [-0.1, -0.05) is 6.07 Å². The lowest BCUT2D eigenvalue weighted by atomic mass is 10.1. The molecule has 1 aromatic carbocycles. The van der Waals surface area contributed by atoms with Crippen molar-refractivity contribution in [1.29, 1.82) is 0 Å². The molecule has 0 heterocycles. The van der Waals surface area contributed by atoms with Crippen molar-refractivity contribution < 1.29 is 13.2 Å². The first-order valence-corrected chi connectivity index (χ1v) is 7.96. The Balaban J connectivity index is 2.92. The molecule has 102 valence electrons. The normalized spacial score (nSPS) is 13.7. The van der Waals surface area contributed by atoms with Crippen molar-refractivity contribution in [2.24, 2.45) is 0 Å². The Labute approximate surface area is 117 Å². The van der Waals surface area contributed by atoms with Crippen molar-refractivity contribution in [3.63, 3.8) is 0 Å². The average molecular weight is 336 g/mol. The highest BCUT2D eigenvalue weighted by Gasteiger charge is 2.19. The minimum absolute atomic E-state index is 0.278. The maximum atomic E-state index is 11.8. The van der Waals surface area contributed by atoms with E-state index in [0.29, 0.717) is 0 Å². The third kappa shape index (κ3) is 3.70. The minimum atomic E-state index is -3.27. The van der Waals surface area contributed by atoms with Crippen LogP contribution in [0.5, 0.6) is 5.75 Å². The van der Waals surface area contributed by atoms with Crippen LogP contribution in [-0.4, -0.2) is 20.8 Å². The van der Waals surface area contributed by atoms with Crippen LogP contribution in [0.1, 0.15) is 32.4 Å². The smallest absolute Gasteiger partial charge is 0.214 e. The fraction of sp³-hybridized carbons (Fsp3) is 0.500. The third-order valence-electron chi connectivity index (χ3n) is 2.64. The number of rotatable bonds is 5. The van der Waals surface area contributed by atoms with Gasteiger partial charge in [-0.2, -0.15) is 0 Å². The van der Waals surface area contributed by atoms with E-state index >= 15 is 0 Å². The molecule has 4 nitrogen and oxygen atoms in total. The zero-order chi connectivity index (χ0) is 13.9. The lowest BCUT2D eigenvalue weighted by molar-refractivity contribution is 0.412. The van der Waals surface area contributed by atoms with Crippen LogP contribution in [0.15, 0.2) is 22.7 Å². The number of sulfonamides is 1. The second-order valence-corrected chi connectivity index (χ2v) is 7.45. The van der Waals surface area contributed by atoms with E-state index in [4.69, 9.17) is 4.74 Å². The summed E-state index contributed by atoms with van der Waals surface area (Å²) >= 11 is 3.38. The molecule has 0 saturated heterocycles. The number of nitrogens with one attached hydrogen (secondary N) is 1. The van der Waals surface area contributed by atoms with Gasteiger partial charge in [-0.05, 0) is 54.4 Å². The van der Waals surface area contributed by atoms with Crippen LogP contribution in [0.25, 0.3) is 0 Å². The summed E-state index contributed by atoms with van der Waals surface area (Å²) in [6, 6.07) is 5.22. The number of halogens is 1. The van der Waals surface area contributed by atoms with Crippen LogP contribution in [0.4, 0.5) is 0 Å². The van der Waals surface area contributed by atoms with Gasteiger partial charge in [-0.15, -0.1) is 0 Å². The van der Waals surface area contributed by atoms with E-state index < -0.39 is 15.3 Å². The van der Waals surface area contributed by atoms with Crippen molar-refractivity contribution >= 4 is 26.0 Å². The summed E-state index contributed by atoms with van der Waals surface area (Å²) in [7, 11) is -1.68. The molecule has 1 atom stereocenters. The van der Waals surface area contributed by atoms with Gasteiger partial charge in [0.25, 0.3) is 0 Å². The lowest BCUT2D eigenvalue weighted by Crippen LogP contribution is -2.32. The van der Waals surface area contributed by atoms with Crippen molar-refractivity contribution in [2.75, 3.05) is 7.11 Å². The first kappa shape index (κ1) is 15.5. The van der Waals surface area contributed by atoms with Crippen molar-refractivity contribution in [3.8, 4) is 5.75 Å². The molecule has 0 amide bonds. The van der Waals surface area contributed by atoms with Crippen LogP contribution < -0.4 is 9.46 Å². The van der Waals surface area contributed by atoms with Gasteiger partial charge in [0.1, 0.15) is 5.75 Å². The van der Waals surface area contributed by atoms with E-state index in [2.05, 4.69) is 20.7 Å². The van der Waals surface area contributed by atoms with Gasteiger partial charge in [0.15, 0.2) is 0 Å². The van der Waals surface area contributed by atoms with Gasteiger partial charge in [0.2, 0.25) is 10.0 Å². The van der Waals surface area contributed by atoms with Crippen LogP contribution in [0.3, 0.4) is 0 Å². The maximum absolute atomic E-state index is 11.8. The molecule has 0 bridgehead atoms. The molecule has 1 rings (SSSR count). The highest BCUT2D eigenvalue weighted by molar-refractivity contribution is 9.10. The van der Waals surface area contributed by atoms with Crippen molar-refractivity contribution in [1.82, 2.24) is 4.72 Å². The fourth-order valence-corrected chi connectivity index (χ4v) is 2.86. The van der Waals surface area contributed by atoms with Gasteiger partial charge >= 0.3 is 0 Å². The number of methoxy groups -OCH3 is 1. The SMILES string of the molecule is COc1ccc(C(C)NS(=O)(=O)C(C)C)cc1Br. The predicted molar refractivity (Wildman–Crippen MR) is 76.3 cm³/mol. The highest BCUT2D eigenvalue weighted by Crippen LogP contribution is 2.28. The first-order valence-electron chi connectivity index (χ1n) is 5.62. The molecule has 0 aliphatic carbocycles. The zero-order valence-electron chi connectivity index (χ0n) is 10.9. The summed E-state index contributed by atoms with van der Waals surface area (Å²) in [5.74, 6) is 0.720. The largest absolute Gasteiger partial charge is 0.496 e. The summed E-state index contributed by atoms with van der Waals surface area (Å²) in [6.07, 6.45) is 0. The predicted octanol–water partition coefficient (Wildman–Crippen LogP) is 2.85. The molecule has 6 heteroatoms. The van der Waals surface area contributed by atoms with Gasteiger partial charge in [0.05, 0.1) is 16.8 Å². The molecule has 18 heavy (non-hydrogen) atoms. The Kier molecular flexibility index (Phi) is 5.19. The van der Waals surface area contributed by atoms with E-state index in [0.717, 1.165) is 15.8 Å². The first-order chi connectivity index (χ1) is 8.27. The van der Waals surface area contributed by atoms with Crippen LogP contribution in [0.2, 0.25) is 0 Å². The molecule has 0 fully saturated rings. The molecule has 1 aromatic rings. The molecular formula is C12H18BrNO3S. The van der Waals surface area contributed by atoms with E-state index in [1.54, 1.807) is 27.0 Å². The molecule has 0 radical (unpaired) electrons. The van der Waals surface area contributed by atoms with E-state index in [-0.39, 0.29) is 6.04 Å². The quantitative estimate of drug-likeness (QED) is 0.900. The molecule has 0 aliphatic heterocycles. The summed E-state index contributed by atoms with van der Waals surface area (Å²) < 4.78 is 32.1. The number of ether oxygens (including phenoxy) is 1. The Morgan fingerprint density at radius 3 is 2.33 bits per heavy atom. The highest BCUT2D eigenvalue weighted by atomic mass is 79.9. The van der Waals surface area contributed by atoms with Crippen LogP contribution in [-0.2, 0) is 10.0 Å².